The lowest BCUT2D eigenvalue weighted by molar-refractivity contribution is 0.0615. The molecule has 0 saturated carbocycles. The maximum atomic E-state index is 12.2. The van der Waals surface area contributed by atoms with Gasteiger partial charge in [0, 0.05) is 38.4 Å². The largest absolute Gasteiger partial charge is 0.339 e. The summed E-state index contributed by atoms with van der Waals surface area (Å²) in [4.78, 5) is 16.5. The van der Waals surface area contributed by atoms with Crippen LogP contribution in [0.5, 0.6) is 0 Å². The summed E-state index contributed by atoms with van der Waals surface area (Å²) in [5.41, 5.74) is 0.642. The number of likely N-dealkylation sites (tertiary alicyclic amines) is 1. The van der Waals surface area contributed by atoms with Crippen molar-refractivity contribution in [1.29, 1.82) is 0 Å². The van der Waals surface area contributed by atoms with E-state index in [9.17, 15) is 4.79 Å². The molecule has 1 aliphatic heterocycles. The Morgan fingerprint density at radius 3 is 2.67 bits per heavy atom. The molecule has 0 aromatic carbocycles. The van der Waals surface area contributed by atoms with Gasteiger partial charge in [-0.05, 0) is 26.7 Å². The maximum Gasteiger partial charge on any atom is 0.257 e. The molecule has 1 amide bonds. The molecule has 5 nitrogen and oxygen atoms in total. The quantitative estimate of drug-likeness (QED) is 0.881. The zero-order valence-corrected chi connectivity index (χ0v) is 11.4. The molecule has 0 unspecified atom stereocenters. The molecular formula is C13H22N4O. The van der Waals surface area contributed by atoms with Gasteiger partial charge >= 0.3 is 0 Å². The van der Waals surface area contributed by atoms with Gasteiger partial charge < -0.3 is 9.80 Å². The Bertz CT molecular complexity index is 380. The van der Waals surface area contributed by atoms with Gasteiger partial charge in [0.1, 0.15) is 0 Å². The standard InChI is InChI=1S/C13H22N4O/c1-10(2)17-6-4-12(5-7-17)16(3)13(18)11-8-14-15-9-11/h8-10,12H,4-7H2,1-3H3,(H,14,15). The first kappa shape index (κ1) is 13.1. The van der Waals surface area contributed by atoms with Crippen LogP contribution in [0.1, 0.15) is 37.0 Å². The number of piperidine rings is 1. The number of aromatic nitrogens is 2. The minimum atomic E-state index is 0.0618. The normalized spacial score (nSPS) is 18.2. The zero-order valence-electron chi connectivity index (χ0n) is 11.4. The number of rotatable bonds is 3. The van der Waals surface area contributed by atoms with E-state index in [0.717, 1.165) is 25.9 Å². The van der Waals surface area contributed by atoms with Crippen LogP contribution < -0.4 is 0 Å². The molecule has 1 fully saturated rings. The Labute approximate surface area is 108 Å². The first-order chi connectivity index (χ1) is 8.59. The average molecular weight is 250 g/mol. The Kier molecular flexibility index (Phi) is 4.01. The van der Waals surface area contributed by atoms with Crippen molar-refractivity contribution in [3.8, 4) is 0 Å². The molecule has 2 rings (SSSR count). The van der Waals surface area contributed by atoms with Gasteiger partial charge in [-0.3, -0.25) is 9.89 Å². The van der Waals surface area contributed by atoms with Crippen LogP contribution in [0.3, 0.4) is 0 Å². The van der Waals surface area contributed by atoms with Crippen molar-refractivity contribution in [3.05, 3.63) is 18.0 Å². The summed E-state index contributed by atoms with van der Waals surface area (Å²) < 4.78 is 0. The molecule has 1 saturated heterocycles. The number of H-pyrrole nitrogens is 1. The first-order valence-electron chi connectivity index (χ1n) is 6.59. The molecule has 0 aliphatic carbocycles. The second-order valence-corrected chi connectivity index (χ2v) is 5.26. The Balaban J connectivity index is 1.91. The maximum absolute atomic E-state index is 12.2. The van der Waals surface area contributed by atoms with E-state index < -0.39 is 0 Å². The van der Waals surface area contributed by atoms with Crippen LogP contribution in [0.2, 0.25) is 0 Å². The van der Waals surface area contributed by atoms with Crippen LogP contribution in [-0.2, 0) is 0 Å². The molecule has 5 heteroatoms. The van der Waals surface area contributed by atoms with E-state index >= 15 is 0 Å². The SMILES string of the molecule is CC(C)N1CCC(N(C)C(=O)c2cn[nH]c2)CC1. The van der Waals surface area contributed by atoms with Crippen molar-refractivity contribution in [2.75, 3.05) is 20.1 Å². The topological polar surface area (TPSA) is 52.2 Å². The summed E-state index contributed by atoms with van der Waals surface area (Å²) in [7, 11) is 1.89. The van der Waals surface area contributed by atoms with Crippen LogP contribution >= 0.6 is 0 Å². The Morgan fingerprint density at radius 2 is 2.17 bits per heavy atom. The van der Waals surface area contributed by atoms with E-state index in [1.165, 1.54) is 0 Å². The van der Waals surface area contributed by atoms with Crippen LogP contribution in [-0.4, -0.2) is 58.1 Å². The van der Waals surface area contributed by atoms with E-state index in [2.05, 4.69) is 28.9 Å². The van der Waals surface area contributed by atoms with Crippen LogP contribution in [0.25, 0.3) is 0 Å². The van der Waals surface area contributed by atoms with E-state index in [-0.39, 0.29) is 5.91 Å². The van der Waals surface area contributed by atoms with E-state index in [1.54, 1.807) is 12.4 Å². The van der Waals surface area contributed by atoms with E-state index in [4.69, 9.17) is 0 Å². The molecule has 0 radical (unpaired) electrons. The molecule has 1 aliphatic rings. The van der Waals surface area contributed by atoms with Gasteiger partial charge in [-0.15, -0.1) is 0 Å². The second kappa shape index (κ2) is 5.52. The van der Waals surface area contributed by atoms with Crippen LogP contribution in [0.15, 0.2) is 12.4 Å². The average Bonchev–Trinajstić information content (AvgIpc) is 2.91. The van der Waals surface area contributed by atoms with Gasteiger partial charge in [-0.2, -0.15) is 5.10 Å². The predicted molar refractivity (Wildman–Crippen MR) is 70.4 cm³/mol. The van der Waals surface area contributed by atoms with Gasteiger partial charge in [0.05, 0.1) is 11.8 Å². The molecule has 1 aromatic rings. The highest BCUT2D eigenvalue weighted by atomic mass is 16.2. The van der Waals surface area contributed by atoms with Crippen molar-refractivity contribution < 1.29 is 4.79 Å². The minimum Gasteiger partial charge on any atom is -0.339 e. The van der Waals surface area contributed by atoms with Crippen molar-refractivity contribution in [2.24, 2.45) is 0 Å². The number of hydrogen-bond acceptors (Lipinski definition) is 3. The van der Waals surface area contributed by atoms with Crippen LogP contribution in [0.4, 0.5) is 0 Å². The lowest BCUT2D eigenvalue weighted by atomic mass is 10.0. The fourth-order valence-electron chi connectivity index (χ4n) is 2.53. The number of aromatic amines is 1. The van der Waals surface area contributed by atoms with Crippen molar-refractivity contribution >= 4 is 5.91 Å². The molecular weight excluding hydrogens is 228 g/mol. The second-order valence-electron chi connectivity index (χ2n) is 5.26. The number of hydrogen-bond donors (Lipinski definition) is 1. The highest BCUT2D eigenvalue weighted by molar-refractivity contribution is 5.93. The molecule has 1 aromatic heterocycles. The number of carbonyl (C=O) groups is 1. The third-order valence-corrected chi connectivity index (χ3v) is 3.84. The lowest BCUT2D eigenvalue weighted by Gasteiger charge is -2.38. The van der Waals surface area contributed by atoms with Gasteiger partial charge in [-0.1, -0.05) is 0 Å². The fourth-order valence-corrected chi connectivity index (χ4v) is 2.53. The summed E-state index contributed by atoms with van der Waals surface area (Å²) in [5.74, 6) is 0.0618. The van der Waals surface area contributed by atoms with Gasteiger partial charge in [0.2, 0.25) is 0 Å². The molecule has 1 N–H and O–H groups in total. The summed E-state index contributed by atoms with van der Waals surface area (Å²) in [6.07, 6.45) is 5.35. The molecule has 18 heavy (non-hydrogen) atoms. The lowest BCUT2D eigenvalue weighted by Crippen LogP contribution is -2.47. The summed E-state index contributed by atoms with van der Waals surface area (Å²) >= 11 is 0. The third-order valence-electron chi connectivity index (χ3n) is 3.84. The molecule has 0 atom stereocenters. The van der Waals surface area contributed by atoms with E-state index in [1.807, 2.05) is 11.9 Å². The summed E-state index contributed by atoms with van der Waals surface area (Å²) in [5, 5.41) is 6.51. The monoisotopic (exact) mass is 250 g/mol. The Hall–Kier alpha value is -1.36. The molecule has 0 bridgehead atoms. The predicted octanol–water partition coefficient (Wildman–Crippen LogP) is 1.35. The number of nitrogens with zero attached hydrogens (tertiary/aromatic N) is 3. The van der Waals surface area contributed by atoms with Crippen molar-refractivity contribution in [2.45, 2.75) is 38.8 Å². The highest BCUT2D eigenvalue weighted by Crippen LogP contribution is 2.18. The minimum absolute atomic E-state index is 0.0618. The van der Waals surface area contributed by atoms with Gasteiger partial charge in [-0.25, -0.2) is 0 Å². The Morgan fingerprint density at radius 1 is 1.50 bits per heavy atom. The number of amides is 1. The first-order valence-corrected chi connectivity index (χ1v) is 6.59. The molecule has 100 valence electrons. The van der Waals surface area contributed by atoms with Gasteiger partial charge in [0.15, 0.2) is 0 Å². The zero-order chi connectivity index (χ0) is 13.1. The number of carbonyl (C=O) groups excluding carboxylic acids is 1. The fraction of sp³-hybridized carbons (Fsp3) is 0.692. The molecule has 2 heterocycles. The van der Waals surface area contributed by atoms with Gasteiger partial charge in [0.25, 0.3) is 5.91 Å². The van der Waals surface area contributed by atoms with Crippen molar-refractivity contribution in [3.63, 3.8) is 0 Å². The third kappa shape index (κ3) is 2.72. The molecule has 0 spiro atoms. The summed E-state index contributed by atoms with van der Waals surface area (Å²) in [6, 6.07) is 0.947. The highest BCUT2D eigenvalue weighted by Gasteiger charge is 2.26. The smallest absolute Gasteiger partial charge is 0.257 e. The van der Waals surface area contributed by atoms with E-state index in [0.29, 0.717) is 17.6 Å². The summed E-state index contributed by atoms with van der Waals surface area (Å²) in [6.45, 7) is 6.60. The van der Waals surface area contributed by atoms with Crippen LogP contribution in [0, 0.1) is 0 Å². The number of nitrogens with one attached hydrogen (secondary N) is 1. The van der Waals surface area contributed by atoms with Crippen molar-refractivity contribution in [1.82, 2.24) is 20.0 Å².